The fraction of sp³-hybridized carbons (Fsp3) is 0.250. The number of rotatable bonds is 2. The molecule has 0 bridgehead atoms. The van der Waals surface area contributed by atoms with E-state index in [0.717, 1.165) is 39.4 Å². The number of aromatic nitrogens is 3. The second kappa shape index (κ2) is 4.63. The number of benzene rings is 1. The van der Waals surface area contributed by atoms with E-state index in [0.29, 0.717) is 0 Å². The Balaban J connectivity index is 2.35. The highest BCUT2D eigenvalue weighted by atomic mass is 16.5. The molecule has 0 radical (unpaired) electrons. The van der Waals surface area contributed by atoms with Gasteiger partial charge in [-0.3, -0.25) is 4.98 Å². The number of ether oxygens (including phenoxy) is 1. The van der Waals surface area contributed by atoms with Crippen molar-refractivity contribution in [2.45, 2.75) is 20.8 Å². The van der Waals surface area contributed by atoms with Gasteiger partial charge in [-0.2, -0.15) is 5.10 Å². The van der Waals surface area contributed by atoms with E-state index in [1.54, 1.807) is 7.11 Å². The number of hydrogen-bond donors (Lipinski definition) is 0. The first kappa shape index (κ1) is 12.7. The van der Waals surface area contributed by atoms with Gasteiger partial charge in [0.2, 0.25) is 0 Å². The molecule has 102 valence electrons. The van der Waals surface area contributed by atoms with Crippen molar-refractivity contribution in [1.29, 1.82) is 0 Å². The van der Waals surface area contributed by atoms with Crippen LogP contribution in [0.1, 0.15) is 17.1 Å². The minimum atomic E-state index is 0.825. The van der Waals surface area contributed by atoms with Crippen molar-refractivity contribution < 1.29 is 4.74 Å². The molecular formula is C16H17N3O. The van der Waals surface area contributed by atoms with Gasteiger partial charge in [0.1, 0.15) is 5.75 Å². The van der Waals surface area contributed by atoms with Crippen LogP contribution in [0.5, 0.6) is 5.75 Å². The molecule has 0 atom stereocenters. The highest BCUT2D eigenvalue weighted by Gasteiger charge is 2.10. The van der Waals surface area contributed by atoms with Gasteiger partial charge in [-0.1, -0.05) is 0 Å². The standard InChI is InChI=1S/C16H17N3O/c1-10-8-16(19-12(3)7-11(2)18-19)14-9-13(20-4)5-6-15(14)17-10/h5-9H,1-4H3. The zero-order chi connectivity index (χ0) is 14.3. The van der Waals surface area contributed by atoms with Crippen LogP contribution in [0.3, 0.4) is 0 Å². The fourth-order valence-electron chi connectivity index (χ4n) is 2.49. The molecule has 3 rings (SSSR count). The van der Waals surface area contributed by atoms with E-state index in [1.165, 1.54) is 0 Å². The molecular weight excluding hydrogens is 250 g/mol. The quantitative estimate of drug-likeness (QED) is 0.715. The van der Waals surface area contributed by atoms with Crippen LogP contribution in [0.2, 0.25) is 0 Å². The van der Waals surface area contributed by atoms with Crippen LogP contribution in [0, 0.1) is 20.8 Å². The summed E-state index contributed by atoms with van der Waals surface area (Å²) < 4.78 is 7.29. The molecule has 1 aromatic carbocycles. The van der Waals surface area contributed by atoms with Gasteiger partial charge in [0.25, 0.3) is 0 Å². The lowest BCUT2D eigenvalue weighted by molar-refractivity contribution is 0.415. The van der Waals surface area contributed by atoms with Crippen molar-refractivity contribution in [1.82, 2.24) is 14.8 Å². The summed E-state index contributed by atoms with van der Waals surface area (Å²) in [6.07, 6.45) is 0. The molecule has 3 aromatic rings. The lowest BCUT2D eigenvalue weighted by Gasteiger charge is -2.11. The van der Waals surface area contributed by atoms with Crippen LogP contribution < -0.4 is 4.74 Å². The highest BCUT2D eigenvalue weighted by molar-refractivity contribution is 5.88. The molecule has 20 heavy (non-hydrogen) atoms. The van der Waals surface area contributed by atoms with Crippen molar-refractivity contribution in [3.63, 3.8) is 0 Å². The molecule has 2 heterocycles. The first-order valence-electron chi connectivity index (χ1n) is 6.57. The summed E-state index contributed by atoms with van der Waals surface area (Å²) in [6.45, 7) is 6.06. The molecule has 0 unspecified atom stereocenters. The molecule has 0 saturated carbocycles. The Morgan fingerprint density at radius 3 is 2.45 bits per heavy atom. The van der Waals surface area contributed by atoms with E-state index in [-0.39, 0.29) is 0 Å². The molecule has 0 saturated heterocycles. The summed E-state index contributed by atoms with van der Waals surface area (Å²) >= 11 is 0. The van der Waals surface area contributed by atoms with E-state index in [2.05, 4.69) is 29.1 Å². The van der Waals surface area contributed by atoms with Gasteiger partial charge in [0.05, 0.1) is 24.0 Å². The second-order valence-corrected chi connectivity index (χ2v) is 5.00. The Morgan fingerprint density at radius 1 is 1.00 bits per heavy atom. The van der Waals surface area contributed by atoms with Gasteiger partial charge < -0.3 is 4.74 Å². The Bertz CT molecular complexity index is 790. The summed E-state index contributed by atoms with van der Waals surface area (Å²) in [6, 6.07) is 10.0. The van der Waals surface area contributed by atoms with E-state index < -0.39 is 0 Å². The third kappa shape index (κ3) is 2.03. The molecule has 0 N–H and O–H groups in total. The van der Waals surface area contributed by atoms with Gasteiger partial charge in [-0.25, -0.2) is 4.68 Å². The third-order valence-corrected chi connectivity index (χ3v) is 3.36. The minimum absolute atomic E-state index is 0.825. The fourth-order valence-corrected chi connectivity index (χ4v) is 2.49. The molecule has 0 spiro atoms. The van der Waals surface area contributed by atoms with Crippen LogP contribution in [0.4, 0.5) is 0 Å². The van der Waals surface area contributed by atoms with Crippen LogP contribution in [0.25, 0.3) is 16.6 Å². The van der Waals surface area contributed by atoms with Crippen LogP contribution in [0.15, 0.2) is 30.3 Å². The maximum atomic E-state index is 5.32. The molecule has 0 aliphatic heterocycles. The number of nitrogens with zero attached hydrogens (tertiary/aromatic N) is 3. The SMILES string of the molecule is COc1ccc2nc(C)cc(-n3nc(C)cc3C)c2c1. The maximum absolute atomic E-state index is 5.32. The lowest BCUT2D eigenvalue weighted by Crippen LogP contribution is -2.02. The van der Waals surface area contributed by atoms with E-state index in [9.17, 15) is 0 Å². The van der Waals surface area contributed by atoms with E-state index >= 15 is 0 Å². The zero-order valence-corrected chi connectivity index (χ0v) is 12.1. The summed E-state index contributed by atoms with van der Waals surface area (Å²) in [7, 11) is 1.67. The number of aryl methyl sites for hydroxylation is 3. The van der Waals surface area contributed by atoms with Crippen molar-refractivity contribution in [3.05, 3.63) is 47.4 Å². The predicted octanol–water partition coefficient (Wildman–Crippen LogP) is 3.35. The van der Waals surface area contributed by atoms with Crippen LogP contribution >= 0.6 is 0 Å². The summed E-state index contributed by atoms with van der Waals surface area (Å²) in [5, 5.41) is 5.62. The summed E-state index contributed by atoms with van der Waals surface area (Å²) in [4.78, 5) is 4.58. The Labute approximate surface area is 118 Å². The molecule has 0 aliphatic carbocycles. The average molecular weight is 267 g/mol. The number of hydrogen-bond acceptors (Lipinski definition) is 3. The molecule has 2 aromatic heterocycles. The largest absolute Gasteiger partial charge is 0.497 e. The zero-order valence-electron chi connectivity index (χ0n) is 12.1. The number of fused-ring (bicyclic) bond motifs is 1. The Kier molecular flexibility index (Phi) is 2.93. The minimum Gasteiger partial charge on any atom is -0.497 e. The first-order chi connectivity index (χ1) is 9.58. The lowest BCUT2D eigenvalue weighted by atomic mass is 10.1. The second-order valence-electron chi connectivity index (χ2n) is 5.00. The topological polar surface area (TPSA) is 39.9 Å². The first-order valence-corrected chi connectivity index (χ1v) is 6.57. The van der Waals surface area contributed by atoms with Crippen molar-refractivity contribution >= 4 is 10.9 Å². The van der Waals surface area contributed by atoms with Crippen LogP contribution in [-0.2, 0) is 0 Å². The number of pyridine rings is 1. The van der Waals surface area contributed by atoms with E-state index in [4.69, 9.17) is 4.74 Å². The smallest absolute Gasteiger partial charge is 0.119 e. The van der Waals surface area contributed by atoms with Crippen molar-refractivity contribution in [2.75, 3.05) is 7.11 Å². The van der Waals surface area contributed by atoms with Gasteiger partial charge >= 0.3 is 0 Å². The van der Waals surface area contributed by atoms with Crippen LogP contribution in [-0.4, -0.2) is 21.9 Å². The molecule has 0 amide bonds. The average Bonchev–Trinajstić information content (AvgIpc) is 2.76. The number of methoxy groups -OCH3 is 1. The van der Waals surface area contributed by atoms with Gasteiger partial charge in [-0.05, 0) is 51.1 Å². The normalized spacial score (nSPS) is 11.0. The Morgan fingerprint density at radius 2 is 1.80 bits per heavy atom. The monoisotopic (exact) mass is 267 g/mol. The highest BCUT2D eigenvalue weighted by Crippen LogP contribution is 2.27. The van der Waals surface area contributed by atoms with E-state index in [1.807, 2.05) is 36.7 Å². The van der Waals surface area contributed by atoms with Gasteiger partial charge in [-0.15, -0.1) is 0 Å². The molecule has 4 heteroatoms. The third-order valence-electron chi connectivity index (χ3n) is 3.36. The van der Waals surface area contributed by atoms with Gasteiger partial charge in [0.15, 0.2) is 0 Å². The molecule has 4 nitrogen and oxygen atoms in total. The maximum Gasteiger partial charge on any atom is 0.119 e. The van der Waals surface area contributed by atoms with Gasteiger partial charge in [0, 0.05) is 16.8 Å². The molecule has 0 aliphatic rings. The predicted molar refractivity (Wildman–Crippen MR) is 79.6 cm³/mol. The summed E-state index contributed by atoms with van der Waals surface area (Å²) in [5.74, 6) is 0.825. The van der Waals surface area contributed by atoms with Crippen molar-refractivity contribution in [2.24, 2.45) is 0 Å². The summed E-state index contributed by atoms with van der Waals surface area (Å²) in [5.41, 5.74) is 5.08. The molecule has 0 fully saturated rings. The Hall–Kier alpha value is -2.36. The van der Waals surface area contributed by atoms with Crippen molar-refractivity contribution in [3.8, 4) is 11.4 Å².